The zero-order valence-electron chi connectivity index (χ0n) is 23.6. The monoisotopic (exact) mass is 583 g/mol. The summed E-state index contributed by atoms with van der Waals surface area (Å²) in [5.41, 5.74) is 9.37. The van der Waals surface area contributed by atoms with Crippen LogP contribution in [0.2, 0.25) is 0 Å². The molecule has 3 aromatic heterocycles. The van der Waals surface area contributed by atoms with Crippen molar-refractivity contribution in [3.8, 4) is 11.3 Å². The van der Waals surface area contributed by atoms with Crippen LogP contribution in [0.15, 0.2) is 48.9 Å². The lowest BCUT2D eigenvalue weighted by atomic mass is 9.75. The van der Waals surface area contributed by atoms with Gasteiger partial charge in [0, 0.05) is 31.1 Å². The van der Waals surface area contributed by atoms with E-state index in [4.69, 9.17) is 10.5 Å². The summed E-state index contributed by atoms with van der Waals surface area (Å²) in [5.74, 6) is -0.881. The molecular weight excluding hydrogens is 548 g/mol. The van der Waals surface area contributed by atoms with Crippen molar-refractivity contribution in [3.05, 3.63) is 83.1 Å². The number of pyridine rings is 1. The van der Waals surface area contributed by atoms with Gasteiger partial charge in [0.05, 0.1) is 40.9 Å². The van der Waals surface area contributed by atoms with Gasteiger partial charge in [-0.1, -0.05) is 6.92 Å². The molecule has 1 aromatic carbocycles. The number of ether oxygens (including phenoxy) is 1. The lowest BCUT2D eigenvalue weighted by Gasteiger charge is -2.38. The van der Waals surface area contributed by atoms with Crippen LogP contribution >= 0.6 is 0 Å². The number of sulfone groups is 1. The third-order valence-electron chi connectivity index (χ3n) is 7.82. The minimum Gasteiger partial charge on any atom is -0.374 e. The van der Waals surface area contributed by atoms with Crippen LogP contribution in [0.3, 0.4) is 0 Å². The summed E-state index contributed by atoms with van der Waals surface area (Å²) < 4.78 is 62.0. The first-order valence-electron chi connectivity index (χ1n) is 13.7. The van der Waals surface area contributed by atoms with Crippen molar-refractivity contribution >= 4 is 15.4 Å². The van der Waals surface area contributed by atoms with E-state index in [-0.39, 0.29) is 35.8 Å². The molecule has 0 bridgehead atoms. The summed E-state index contributed by atoms with van der Waals surface area (Å²) >= 11 is 0. The predicted molar refractivity (Wildman–Crippen MR) is 153 cm³/mol. The van der Waals surface area contributed by atoms with E-state index in [0.29, 0.717) is 36.2 Å². The number of benzene rings is 1. The van der Waals surface area contributed by atoms with Crippen molar-refractivity contribution < 1.29 is 21.9 Å². The van der Waals surface area contributed by atoms with Crippen molar-refractivity contribution in [2.24, 2.45) is 11.7 Å². The van der Waals surface area contributed by atoms with Crippen LogP contribution in [0, 0.1) is 17.6 Å². The molecule has 0 amide bonds. The van der Waals surface area contributed by atoms with Crippen LogP contribution in [0.1, 0.15) is 62.0 Å². The Morgan fingerprint density at radius 3 is 2.51 bits per heavy atom. The Hall–Kier alpha value is -3.28. The van der Waals surface area contributed by atoms with Crippen molar-refractivity contribution in [1.29, 1.82) is 0 Å². The predicted octanol–water partition coefficient (Wildman–Crippen LogP) is 4.84. The summed E-state index contributed by atoms with van der Waals surface area (Å²) in [6.45, 7) is 5.76. The molecule has 0 saturated heterocycles. The number of fused-ring (bicyclic) bond motifs is 1. The first kappa shape index (κ1) is 29.2. The number of hydrogen-bond acceptors (Lipinski definition) is 7. The highest BCUT2D eigenvalue weighted by Gasteiger charge is 2.40. The lowest BCUT2D eigenvalue weighted by Crippen LogP contribution is -2.48. The van der Waals surface area contributed by atoms with Gasteiger partial charge in [0.1, 0.15) is 17.5 Å². The smallest absolute Gasteiger partial charge is 0.152 e. The molecule has 3 heterocycles. The van der Waals surface area contributed by atoms with Crippen molar-refractivity contribution in [2.45, 2.75) is 70.0 Å². The van der Waals surface area contributed by atoms with Crippen LogP contribution in [0.25, 0.3) is 16.8 Å². The van der Waals surface area contributed by atoms with Gasteiger partial charge in [-0.25, -0.2) is 26.7 Å². The fraction of sp³-hybridized carbons (Fsp3) is 0.433. The van der Waals surface area contributed by atoms with E-state index in [9.17, 15) is 8.42 Å². The second kappa shape index (κ2) is 11.5. The first-order chi connectivity index (χ1) is 19.4. The summed E-state index contributed by atoms with van der Waals surface area (Å²) in [4.78, 5) is 8.87. The van der Waals surface area contributed by atoms with E-state index in [2.05, 4.69) is 15.1 Å². The Bertz CT molecular complexity index is 1640. The number of rotatable bonds is 8. The molecular formula is C30H35F2N5O3S. The summed E-state index contributed by atoms with van der Waals surface area (Å²) in [7, 11) is -3.27. The molecule has 1 aliphatic rings. The maximum absolute atomic E-state index is 15.1. The zero-order valence-corrected chi connectivity index (χ0v) is 24.4. The summed E-state index contributed by atoms with van der Waals surface area (Å²) in [5, 5.41) is 4.00. The molecule has 1 fully saturated rings. The average molecular weight is 584 g/mol. The molecule has 8 nitrogen and oxygen atoms in total. The minimum atomic E-state index is -3.27. The number of aromatic nitrogens is 4. The molecule has 4 atom stereocenters. The van der Waals surface area contributed by atoms with E-state index < -0.39 is 32.8 Å². The summed E-state index contributed by atoms with van der Waals surface area (Å²) in [6, 6.07) is 7.32. The molecule has 0 spiro atoms. The SMILES string of the molecule is CC(C)OCc1cc(F)c(-c2ccc3cnc(Cc4cnccc4[C@H]4C[C@@H](N)[C@@H](S(C)(=O)=O)[C@@H](C)C4)n3n2)c(F)c1. The molecule has 4 aromatic rings. The number of nitrogens with two attached hydrogens (primary N) is 1. The Morgan fingerprint density at radius 1 is 1.12 bits per heavy atom. The van der Waals surface area contributed by atoms with E-state index in [1.807, 2.05) is 26.8 Å². The van der Waals surface area contributed by atoms with E-state index in [0.717, 1.165) is 11.1 Å². The number of imidazole rings is 1. The van der Waals surface area contributed by atoms with Gasteiger partial charge in [0.25, 0.3) is 0 Å². The fourth-order valence-electron chi connectivity index (χ4n) is 6.12. The number of hydrogen-bond donors (Lipinski definition) is 1. The molecule has 1 saturated carbocycles. The topological polar surface area (TPSA) is 112 Å². The third-order valence-corrected chi connectivity index (χ3v) is 9.62. The van der Waals surface area contributed by atoms with E-state index in [1.54, 1.807) is 35.2 Å². The molecule has 1 aliphatic carbocycles. The van der Waals surface area contributed by atoms with Gasteiger partial charge in [-0.3, -0.25) is 4.98 Å². The maximum atomic E-state index is 15.1. The van der Waals surface area contributed by atoms with Crippen molar-refractivity contribution in [3.63, 3.8) is 0 Å². The van der Waals surface area contributed by atoms with Crippen LogP contribution in [0.4, 0.5) is 8.78 Å². The van der Waals surface area contributed by atoms with Crippen LogP contribution in [-0.2, 0) is 27.6 Å². The van der Waals surface area contributed by atoms with E-state index >= 15 is 8.78 Å². The fourth-order valence-corrected chi connectivity index (χ4v) is 7.82. The molecule has 218 valence electrons. The molecule has 11 heteroatoms. The van der Waals surface area contributed by atoms with Gasteiger partial charge in [0.2, 0.25) is 0 Å². The molecule has 2 N–H and O–H groups in total. The van der Waals surface area contributed by atoms with Gasteiger partial charge in [-0.05, 0) is 85.5 Å². The third kappa shape index (κ3) is 6.17. The van der Waals surface area contributed by atoms with Crippen LogP contribution in [0.5, 0.6) is 0 Å². The normalized spacial score (nSPS) is 21.6. The minimum absolute atomic E-state index is 0.0622. The highest BCUT2D eigenvalue weighted by atomic mass is 32.2. The Labute approximate surface area is 238 Å². The Morgan fingerprint density at radius 2 is 1.85 bits per heavy atom. The first-order valence-corrected chi connectivity index (χ1v) is 15.7. The Balaban J connectivity index is 1.45. The number of nitrogens with zero attached hydrogens (tertiary/aromatic N) is 4. The summed E-state index contributed by atoms with van der Waals surface area (Å²) in [6.07, 6.45) is 7.95. The molecule has 0 unspecified atom stereocenters. The molecule has 41 heavy (non-hydrogen) atoms. The van der Waals surface area contributed by atoms with Crippen LogP contribution in [-0.4, -0.2) is 51.7 Å². The molecule has 0 aliphatic heterocycles. The molecule has 5 rings (SSSR count). The van der Waals surface area contributed by atoms with Crippen molar-refractivity contribution in [1.82, 2.24) is 19.6 Å². The van der Waals surface area contributed by atoms with Crippen molar-refractivity contribution in [2.75, 3.05) is 6.26 Å². The second-order valence-corrected chi connectivity index (χ2v) is 13.6. The standard InChI is InChI=1S/C30H35F2N5O3S/c1-17(2)40-16-19-10-24(31)29(25(32)11-19)27-6-5-22-15-35-28(37(22)36-27)13-21-14-34-8-7-23(21)20-9-18(3)30(26(33)12-20)41(4,38)39/h5-8,10-11,14-15,17-18,20,26,30H,9,12-13,16,33H2,1-4H3/t18-,20+,26+,30-/m0/s1. The van der Waals surface area contributed by atoms with Gasteiger partial charge >= 0.3 is 0 Å². The lowest BCUT2D eigenvalue weighted by molar-refractivity contribution is 0.0654. The zero-order chi connectivity index (χ0) is 29.5. The average Bonchev–Trinajstić information content (AvgIpc) is 3.28. The van der Waals surface area contributed by atoms with Gasteiger partial charge in [-0.15, -0.1) is 0 Å². The van der Waals surface area contributed by atoms with Crippen LogP contribution < -0.4 is 5.73 Å². The Kier molecular flexibility index (Phi) is 8.22. The van der Waals surface area contributed by atoms with E-state index in [1.165, 1.54) is 18.4 Å². The largest absolute Gasteiger partial charge is 0.374 e. The highest BCUT2D eigenvalue weighted by molar-refractivity contribution is 7.91. The number of halogens is 2. The second-order valence-electron chi connectivity index (χ2n) is 11.4. The maximum Gasteiger partial charge on any atom is 0.152 e. The molecule has 0 radical (unpaired) electrons. The quantitative estimate of drug-likeness (QED) is 0.316. The van der Waals surface area contributed by atoms with Gasteiger partial charge in [-0.2, -0.15) is 5.10 Å². The highest BCUT2D eigenvalue weighted by Crippen LogP contribution is 2.39. The van der Waals surface area contributed by atoms with Gasteiger partial charge in [0.15, 0.2) is 9.84 Å². The van der Waals surface area contributed by atoms with Gasteiger partial charge < -0.3 is 10.5 Å².